The van der Waals surface area contributed by atoms with Crippen molar-refractivity contribution in [3.05, 3.63) is 0 Å². The second-order valence-electron chi connectivity index (χ2n) is 5.24. The topological polar surface area (TPSA) is 92.8 Å². The van der Waals surface area contributed by atoms with E-state index in [9.17, 15) is 4.79 Å². The molecule has 120 valence electrons. The molecule has 5 heteroatoms. The van der Waals surface area contributed by atoms with E-state index in [1.807, 2.05) is 0 Å². The number of carbonyl (C=O) groups excluding carboxylic acids is 1. The Morgan fingerprint density at radius 2 is 1.45 bits per heavy atom. The average molecular weight is 289 g/mol. The van der Waals surface area contributed by atoms with E-state index < -0.39 is 6.10 Å². The van der Waals surface area contributed by atoms with Gasteiger partial charge in [0.1, 0.15) is 12.7 Å². The standard InChI is InChI=1S/C15H31NO4/c16-11-9-7-5-3-1-2-4-6-8-10-15(19)20-13-14(18)12-17/h14,17-18H,1-13,16H2. The van der Waals surface area contributed by atoms with E-state index in [1.54, 1.807) is 0 Å². The normalized spacial score (nSPS) is 12.3. The summed E-state index contributed by atoms with van der Waals surface area (Å²) in [6.45, 7) is 0.308. The third-order valence-corrected chi connectivity index (χ3v) is 3.23. The highest BCUT2D eigenvalue weighted by atomic mass is 16.5. The Bertz CT molecular complexity index is 224. The molecule has 0 saturated carbocycles. The molecule has 0 amide bonds. The number of esters is 1. The quantitative estimate of drug-likeness (QED) is 0.334. The highest BCUT2D eigenvalue weighted by Crippen LogP contribution is 2.10. The largest absolute Gasteiger partial charge is 0.463 e. The molecule has 0 rings (SSSR count). The highest BCUT2D eigenvalue weighted by molar-refractivity contribution is 5.69. The van der Waals surface area contributed by atoms with Crippen molar-refractivity contribution in [1.82, 2.24) is 0 Å². The van der Waals surface area contributed by atoms with Crippen molar-refractivity contribution in [2.75, 3.05) is 19.8 Å². The van der Waals surface area contributed by atoms with Gasteiger partial charge in [0.05, 0.1) is 6.61 Å². The summed E-state index contributed by atoms with van der Waals surface area (Å²) in [5.41, 5.74) is 5.43. The first kappa shape index (κ1) is 19.4. The van der Waals surface area contributed by atoms with Gasteiger partial charge in [0.2, 0.25) is 0 Å². The minimum Gasteiger partial charge on any atom is -0.463 e. The molecular formula is C15H31NO4. The van der Waals surface area contributed by atoms with E-state index in [0.29, 0.717) is 6.42 Å². The van der Waals surface area contributed by atoms with Gasteiger partial charge in [0, 0.05) is 6.42 Å². The molecule has 0 bridgehead atoms. The minimum atomic E-state index is -0.960. The maximum absolute atomic E-state index is 11.3. The van der Waals surface area contributed by atoms with Crippen LogP contribution in [0, 0.1) is 0 Å². The Hall–Kier alpha value is -0.650. The summed E-state index contributed by atoms with van der Waals surface area (Å²) in [7, 11) is 0. The van der Waals surface area contributed by atoms with Crippen molar-refractivity contribution in [2.45, 2.75) is 70.3 Å². The molecule has 0 heterocycles. The predicted molar refractivity (Wildman–Crippen MR) is 79.3 cm³/mol. The van der Waals surface area contributed by atoms with E-state index in [1.165, 1.54) is 32.1 Å². The van der Waals surface area contributed by atoms with Crippen LogP contribution in [-0.2, 0) is 9.53 Å². The number of nitrogens with two attached hydrogens (primary N) is 1. The Balaban J connectivity index is 3.17. The van der Waals surface area contributed by atoms with Crippen LogP contribution < -0.4 is 5.73 Å². The molecule has 5 nitrogen and oxygen atoms in total. The van der Waals surface area contributed by atoms with Crippen molar-refractivity contribution in [2.24, 2.45) is 5.73 Å². The van der Waals surface area contributed by atoms with Crippen molar-refractivity contribution >= 4 is 5.97 Å². The first-order valence-electron chi connectivity index (χ1n) is 7.85. The van der Waals surface area contributed by atoms with Crippen molar-refractivity contribution in [3.63, 3.8) is 0 Å². The number of hydrogen-bond donors (Lipinski definition) is 3. The van der Waals surface area contributed by atoms with Crippen LogP contribution >= 0.6 is 0 Å². The van der Waals surface area contributed by atoms with E-state index in [4.69, 9.17) is 20.7 Å². The summed E-state index contributed by atoms with van der Waals surface area (Å²) in [6.07, 6.45) is 9.88. The van der Waals surface area contributed by atoms with Crippen LogP contribution in [0.4, 0.5) is 0 Å². The van der Waals surface area contributed by atoms with Gasteiger partial charge in [-0.25, -0.2) is 0 Å². The lowest BCUT2D eigenvalue weighted by Crippen LogP contribution is -2.21. The first-order valence-corrected chi connectivity index (χ1v) is 7.85. The van der Waals surface area contributed by atoms with Gasteiger partial charge in [-0.1, -0.05) is 44.9 Å². The van der Waals surface area contributed by atoms with Crippen LogP contribution in [0.2, 0.25) is 0 Å². The van der Waals surface area contributed by atoms with Gasteiger partial charge in [-0.15, -0.1) is 0 Å². The lowest BCUT2D eigenvalue weighted by molar-refractivity contribution is -0.147. The number of unbranched alkanes of at least 4 members (excludes halogenated alkanes) is 8. The Labute approximate surface area is 122 Å². The van der Waals surface area contributed by atoms with Crippen LogP contribution in [0.25, 0.3) is 0 Å². The third-order valence-electron chi connectivity index (χ3n) is 3.23. The average Bonchev–Trinajstić information content (AvgIpc) is 2.46. The van der Waals surface area contributed by atoms with Gasteiger partial charge < -0.3 is 20.7 Å². The number of hydrogen-bond acceptors (Lipinski definition) is 5. The maximum atomic E-state index is 11.3. The molecule has 1 unspecified atom stereocenters. The fourth-order valence-corrected chi connectivity index (χ4v) is 1.97. The van der Waals surface area contributed by atoms with Crippen molar-refractivity contribution < 1.29 is 19.7 Å². The van der Waals surface area contributed by atoms with E-state index in [-0.39, 0.29) is 19.2 Å². The van der Waals surface area contributed by atoms with Crippen molar-refractivity contribution in [1.29, 1.82) is 0 Å². The summed E-state index contributed by atoms with van der Waals surface area (Å²) >= 11 is 0. The van der Waals surface area contributed by atoms with Gasteiger partial charge in [0.15, 0.2) is 0 Å². The van der Waals surface area contributed by atoms with E-state index in [0.717, 1.165) is 32.2 Å². The van der Waals surface area contributed by atoms with Gasteiger partial charge in [-0.3, -0.25) is 4.79 Å². The molecule has 0 aromatic carbocycles. The molecule has 1 atom stereocenters. The zero-order valence-corrected chi connectivity index (χ0v) is 12.6. The van der Waals surface area contributed by atoms with Crippen LogP contribution in [0.5, 0.6) is 0 Å². The summed E-state index contributed by atoms with van der Waals surface area (Å²) in [4.78, 5) is 11.3. The molecule has 0 fully saturated rings. The number of ether oxygens (including phenoxy) is 1. The number of rotatable bonds is 14. The maximum Gasteiger partial charge on any atom is 0.305 e. The fourth-order valence-electron chi connectivity index (χ4n) is 1.97. The summed E-state index contributed by atoms with van der Waals surface area (Å²) in [6, 6.07) is 0. The molecule has 0 saturated heterocycles. The molecule has 20 heavy (non-hydrogen) atoms. The highest BCUT2D eigenvalue weighted by Gasteiger charge is 2.07. The minimum absolute atomic E-state index is 0.113. The van der Waals surface area contributed by atoms with Crippen LogP contribution in [0.1, 0.15) is 64.2 Å². The summed E-state index contributed by atoms with van der Waals surface area (Å²) in [5, 5.41) is 17.6. The molecule has 0 aliphatic heterocycles. The molecule has 0 aliphatic rings. The molecular weight excluding hydrogens is 258 g/mol. The van der Waals surface area contributed by atoms with E-state index >= 15 is 0 Å². The lowest BCUT2D eigenvalue weighted by Gasteiger charge is -2.08. The van der Waals surface area contributed by atoms with Gasteiger partial charge in [-0.05, 0) is 19.4 Å². The zero-order valence-electron chi connectivity index (χ0n) is 12.6. The summed E-state index contributed by atoms with van der Waals surface area (Å²) in [5.74, 6) is -0.292. The zero-order chi connectivity index (χ0) is 15.1. The lowest BCUT2D eigenvalue weighted by atomic mass is 10.1. The Kier molecular flexibility index (Phi) is 14.3. The second kappa shape index (κ2) is 14.8. The van der Waals surface area contributed by atoms with Crippen LogP contribution in [0.15, 0.2) is 0 Å². The Morgan fingerprint density at radius 3 is 1.95 bits per heavy atom. The van der Waals surface area contributed by atoms with Gasteiger partial charge >= 0.3 is 5.97 Å². The molecule has 4 N–H and O–H groups in total. The summed E-state index contributed by atoms with van der Waals surface area (Å²) < 4.78 is 4.82. The third kappa shape index (κ3) is 13.8. The van der Waals surface area contributed by atoms with E-state index in [2.05, 4.69) is 0 Å². The van der Waals surface area contributed by atoms with Crippen LogP contribution in [0.3, 0.4) is 0 Å². The molecule has 0 spiro atoms. The molecule has 0 aliphatic carbocycles. The fraction of sp³-hybridized carbons (Fsp3) is 0.933. The number of aliphatic hydroxyl groups is 2. The van der Waals surface area contributed by atoms with Gasteiger partial charge in [-0.2, -0.15) is 0 Å². The smallest absolute Gasteiger partial charge is 0.305 e. The van der Waals surface area contributed by atoms with Crippen LogP contribution in [-0.4, -0.2) is 42.0 Å². The molecule has 0 aromatic rings. The SMILES string of the molecule is NCCCCCCCCCCCC(=O)OCC(O)CO. The molecule has 0 aromatic heterocycles. The van der Waals surface area contributed by atoms with Crippen molar-refractivity contribution in [3.8, 4) is 0 Å². The number of aliphatic hydroxyl groups excluding tert-OH is 2. The predicted octanol–water partition coefficient (Wildman–Crippen LogP) is 1.74. The first-order chi connectivity index (χ1) is 9.70. The van der Waals surface area contributed by atoms with Gasteiger partial charge in [0.25, 0.3) is 0 Å². The molecule has 0 radical (unpaired) electrons. The number of carbonyl (C=O) groups is 1. The Morgan fingerprint density at radius 1 is 0.950 bits per heavy atom. The second-order valence-corrected chi connectivity index (χ2v) is 5.24. The monoisotopic (exact) mass is 289 g/mol.